The summed E-state index contributed by atoms with van der Waals surface area (Å²) in [4.78, 5) is 12.8. The third-order valence-corrected chi connectivity index (χ3v) is 5.11. The number of benzene rings is 1. The van der Waals surface area contributed by atoms with Gasteiger partial charge in [0.1, 0.15) is 0 Å². The Morgan fingerprint density at radius 1 is 0.913 bits per heavy atom. The van der Waals surface area contributed by atoms with Crippen LogP contribution in [0.2, 0.25) is 39.3 Å². The highest BCUT2D eigenvalue weighted by Crippen LogP contribution is 2.35. The average Bonchev–Trinajstić information content (AvgIpc) is 2.34. The quantitative estimate of drug-likeness (QED) is 0.630. The second-order valence-corrected chi connectivity index (χ2v) is 17.3. The van der Waals surface area contributed by atoms with Gasteiger partial charge in [-0.05, 0) is 50.8 Å². The van der Waals surface area contributed by atoms with E-state index in [0.717, 1.165) is 5.56 Å². The molecule has 0 bridgehead atoms. The Bertz CT molecular complexity index is 501. The fourth-order valence-corrected chi connectivity index (χ4v) is 4.27. The Kier molecular flexibility index (Phi) is 6.80. The number of carbonyl (C=O) groups excluding carboxylic acids is 1. The van der Waals surface area contributed by atoms with Gasteiger partial charge in [0.05, 0.1) is 12.0 Å². The van der Waals surface area contributed by atoms with E-state index < -0.39 is 16.6 Å². The highest BCUT2D eigenvalue weighted by molar-refractivity contribution is 6.71. The van der Waals surface area contributed by atoms with Crippen molar-refractivity contribution in [3.05, 3.63) is 35.9 Å². The Balaban J connectivity index is 3.21. The fourth-order valence-electron chi connectivity index (χ4n) is 2.49. The molecule has 0 aromatic heterocycles. The number of carbonyl (C=O) groups is 1. The van der Waals surface area contributed by atoms with Crippen LogP contribution < -0.4 is 0 Å². The molecule has 23 heavy (non-hydrogen) atoms. The van der Waals surface area contributed by atoms with Crippen LogP contribution in [-0.2, 0) is 13.6 Å². The summed E-state index contributed by atoms with van der Waals surface area (Å²) in [6, 6.07) is 10.1. The molecule has 0 unspecified atom stereocenters. The highest BCUT2D eigenvalue weighted by Gasteiger charge is 2.38. The first-order valence-corrected chi connectivity index (χ1v) is 15.2. The van der Waals surface area contributed by atoms with E-state index in [1.165, 1.54) is 0 Å². The Morgan fingerprint density at radius 3 is 1.83 bits per heavy atom. The number of hydrogen-bond acceptors (Lipinski definition) is 3. The summed E-state index contributed by atoms with van der Waals surface area (Å²) < 4.78 is 12.2. The van der Waals surface area contributed by atoms with E-state index in [1.54, 1.807) is 0 Å². The Morgan fingerprint density at radius 2 is 1.43 bits per heavy atom. The molecule has 3 nitrogen and oxygen atoms in total. The molecule has 0 saturated heterocycles. The summed E-state index contributed by atoms with van der Waals surface area (Å²) >= 11 is 0. The molecule has 0 aliphatic heterocycles. The lowest BCUT2D eigenvalue weighted by molar-refractivity contribution is -0.145. The van der Waals surface area contributed by atoms with Crippen LogP contribution in [0.4, 0.5) is 0 Å². The van der Waals surface area contributed by atoms with Crippen LogP contribution in [0.1, 0.15) is 25.5 Å². The van der Waals surface area contributed by atoms with Crippen molar-refractivity contribution in [1.82, 2.24) is 0 Å². The van der Waals surface area contributed by atoms with Crippen LogP contribution in [0, 0.1) is 11.8 Å². The fraction of sp³-hybridized carbons (Fsp3) is 0.611. The molecular formula is C18H32O3Si2. The monoisotopic (exact) mass is 352 g/mol. The molecule has 0 aliphatic rings. The Labute approximate surface area is 143 Å². The first-order valence-electron chi connectivity index (χ1n) is 8.36. The molecule has 0 heterocycles. The van der Waals surface area contributed by atoms with Gasteiger partial charge in [0.15, 0.2) is 8.32 Å². The molecular weight excluding hydrogens is 320 g/mol. The van der Waals surface area contributed by atoms with E-state index in [1.807, 2.05) is 50.0 Å². The average molecular weight is 353 g/mol. The molecule has 2 atom stereocenters. The van der Waals surface area contributed by atoms with Gasteiger partial charge in [-0.3, -0.25) is 4.79 Å². The second-order valence-electron chi connectivity index (χ2n) is 8.36. The SMILES string of the molecule is CC(C)[C@@H](C(=O)O[Si](C)(C)C)[C@@H](O[Si](C)(C)C)c1ccccc1. The molecule has 1 aromatic rings. The zero-order chi connectivity index (χ0) is 17.8. The molecule has 0 aliphatic carbocycles. The van der Waals surface area contributed by atoms with Crippen LogP contribution >= 0.6 is 0 Å². The van der Waals surface area contributed by atoms with Crippen molar-refractivity contribution in [3.63, 3.8) is 0 Å². The first kappa shape index (κ1) is 20.1. The minimum Gasteiger partial charge on any atom is -0.520 e. The predicted molar refractivity (Wildman–Crippen MR) is 101 cm³/mol. The van der Waals surface area contributed by atoms with Crippen LogP contribution in [0.5, 0.6) is 0 Å². The summed E-state index contributed by atoms with van der Waals surface area (Å²) in [6.45, 7) is 16.7. The van der Waals surface area contributed by atoms with E-state index in [4.69, 9.17) is 8.85 Å². The molecule has 0 radical (unpaired) electrons. The van der Waals surface area contributed by atoms with E-state index in [9.17, 15) is 4.79 Å². The summed E-state index contributed by atoms with van der Waals surface area (Å²) in [6.07, 6.45) is -0.244. The number of rotatable bonds is 7. The van der Waals surface area contributed by atoms with Gasteiger partial charge in [0, 0.05) is 0 Å². The maximum atomic E-state index is 12.8. The summed E-state index contributed by atoms with van der Waals surface area (Å²) in [5, 5.41) is 0. The van der Waals surface area contributed by atoms with Crippen molar-refractivity contribution in [3.8, 4) is 0 Å². The maximum absolute atomic E-state index is 12.8. The minimum absolute atomic E-state index is 0.119. The van der Waals surface area contributed by atoms with Gasteiger partial charge in [-0.1, -0.05) is 44.2 Å². The summed E-state index contributed by atoms with van der Waals surface area (Å²) in [7, 11) is -3.74. The minimum atomic E-state index is -1.93. The van der Waals surface area contributed by atoms with Gasteiger partial charge in [-0.2, -0.15) is 0 Å². The highest BCUT2D eigenvalue weighted by atomic mass is 28.4. The van der Waals surface area contributed by atoms with Crippen molar-refractivity contribution in [2.75, 3.05) is 0 Å². The lowest BCUT2D eigenvalue weighted by Crippen LogP contribution is -2.40. The molecule has 5 heteroatoms. The lowest BCUT2D eigenvalue weighted by Gasteiger charge is -2.35. The lowest BCUT2D eigenvalue weighted by atomic mass is 9.86. The molecule has 1 aromatic carbocycles. The Hall–Kier alpha value is -0.916. The van der Waals surface area contributed by atoms with Crippen molar-refractivity contribution >= 4 is 22.6 Å². The molecule has 0 saturated carbocycles. The van der Waals surface area contributed by atoms with E-state index in [0.29, 0.717) is 0 Å². The van der Waals surface area contributed by atoms with Crippen LogP contribution in [0.25, 0.3) is 0 Å². The van der Waals surface area contributed by atoms with Crippen LogP contribution in [0.15, 0.2) is 30.3 Å². The normalized spacial score (nSPS) is 15.3. The maximum Gasteiger partial charge on any atom is 0.298 e. The van der Waals surface area contributed by atoms with E-state index in [2.05, 4.69) is 33.5 Å². The predicted octanol–water partition coefficient (Wildman–Crippen LogP) is 5.23. The van der Waals surface area contributed by atoms with Crippen molar-refractivity contribution in [2.45, 2.75) is 59.2 Å². The number of hydrogen-bond donors (Lipinski definition) is 0. The standard InChI is InChI=1S/C18H32O3Si2/c1-14(2)16(18(19)21-23(6,7)8)17(20-22(3,4)5)15-12-10-9-11-13-15/h9-14,16-17H,1-8H3/t16-,17+/m1/s1. The van der Waals surface area contributed by atoms with Gasteiger partial charge in [-0.15, -0.1) is 0 Å². The summed E-state index contributed by atoms with van der Waals surface area (Å²) in [5.41, 5.74) is 1.06. The zero-order valence-corrected chi connectivity index (χ0v) is 17.8. The zero-order valence-electron chi connectivity index (χ0n) is 15.8. The van der Waals surface area contributed by atoms with Gasteiger partial charge >= 0.3 is 0 Å². The van der Waals surface area contributed by atoms with Crippen molar-refractivity contribution in [2.24, 2.45) is 11.8 Å². The third-order valence-electron chi connectivity index (χ3n) is 3.33. The van der Waals surface area contributed by atoms with E-state index in [-0.39, 0.29) is 23.9 Å². The van der Waals surface area contributed by atoms with Gasteiger partial charge in [0.25, 0.3) is 5.97 Å². The van der Waals surface area contributed by atoms with Crippen LogP contribution in [-0.4, -0.2) is 22.6 Å². The van der Waals surface area contributed by atoms with E-state index >= 15 is 0 Å². The topological polar surface area (TPSA) is 35.5 Å². The molecule has 130 valence electrons. The van der Waals surface area contributed by atoms with Gasteiger partial charge in [-0.25, -0.2) is 0 Å². The van der Waals surface area contributed by atoms with Crippen LogP contribution in [0.3, 0.4) is 0 Å². The molecule has 0 N–H and O–H groups in total. The van der Waals surface area contributed by atoms with Crippen molar-refractivity contribution in [1.29, 1.82) is 0 Å². The molecule has 0 spiro atoms. The summed E-state index contributed by atoms with van der Waals surface area (Å²) in [5.74, 6) is -0.248. The van der Waals surface area contributed by atoms with Gasteiger partial charge in [0.2, 0.25) is 8.32 Å². The smallest absolute Gasteiger partial charge is 0.298 e. The molecule has 1 rings (SSSR count). The van der Waals surface area contributed by atoms with Crippen molar-refractivity contribution < 1.29 is 13.6 Å². The first-order chi connectivity index (χ1) is 10.4. The second kappa shape index (κ2) is 7.77. The molecule has 0 fully saturated rings. The van der Waals surface area contributed by atoms with Gasteiger partial charge < -0.3 is 8.85 Å². The largest absolute Gasteiger partial charge is 0.520 e. The molecule has 0 amide bonds. The third kappa shape index (κ3) is 7.02.